The van der Waals surface area contributed by atoms with E-state index in [1.54, 1.807) is 29.2 Å². The second-order valence-corrected chi connectivity index (χ2v) is 8.26. The Balaban J connectivity index is 1.62. The van der Waals surface area contributed by atoms with Gasteiger partial charge in [0.2, 0.25) is 5.13 Å². The van der Waals surface area contributed by atoms with Crippen molar-refractivity contribution < 1.29 is 4.79 Å². The van der Waals surface area contributed by atoms with Gasteiger partial charge < -0.3 is 0 Å². The van der Waals surface area contributed by atoms with E-state index in [4.69, 9.17) is 0 Å². The number of carbonyl (C=O) groups is 1. The lowest BCUT2D eigenvalue weighted by Crippen LogP contribution is -2.12. The minimum Gasteiger partial charge on any atom is -0.296 e. The zero-order chi connectivity index (χ0) is 15.4. The lowest BCUT2D eigenvalue weighted by atomic mass is 10.2. The van der Waals surface area contributed by atoms with Crippen molar-refractivity contribution in [3.8, 4) is 0 Å². The van der Waals surface area contributed by atoms with Gasteiger partial charge in [0, 0.05) is 15.1 Å². The molecule has 0 aliphatic heterocycles. The molecule has 4 nitrogen and oxygen atoms in total. The van der Waals surface area contributed by atoms with Crippen molar-refractivity contribution >= 4 is 61.4 Å². The van der Waals surface area contributed by atoms with E-state index < -0.39 is 0 Å². The first-order valence-electron chi connectivity index (χ1n) is 6.27. The molecule has 0 aliphatic rings. The quantitative estimate of drug-likeness (QED) is 0.478. The highest BCUT2D eigenvalue weighted by molar-refractivity contribution is 9.10. The van der Waals surface area contributed by atoms with Crippen molar-refractivity contribution in [2.45, 2.75) is 10.1 Å². The molecule has 0 spiro atoms. The number of amides is 1. The molecule has 0 saturated carbocycles. The van der Waals surface area contributed by atoms with Crippen LogP contribution in [0.2, 0.25) is 0 Å². The van der Waals surface area contributed by atoms with E-state index in [1.807, 2.05) is 24.3 Å². The number of nitrogens with one attached hydrogen (secondary N) is 1. The summed E-state index contributed by atoms with van der Waals surface area (Å²) in [7, 11) is 0. The number of aromatic nitrogens is 2. The van der Waals surface area contributed by atoms with E-state index in [1.165, 1.54) is 16.2 Å². The van der Waals surface area contributed by atoms with Crippen LogP contribution in [0.25, 0.3) is 0 Å². The van der Waals surface area contributed by atoms with Crippen LogP contribution in [-0.2, 0) is 5.75 Å². The molecule has 0 saturated heterocycles. The minimum absolute atomic E-state index is 0.196. The normalized spacial score (nSPS) is 10.6. The van der Waals surface area contributed by atoms with Gasteiger partial charge in [-0.15, -0.1) is 21.5 Å². The number of nitrogens with zero attached hydrogens (tertiary/aromatic N) is 2. The molecule has 3 rings (SSSR count). The number of carbonyl (C=O) groups excluding carboxylic acids is 1. The molecule has 0 radical (unpaired) electrons. The molecule has 0 aliphatic carbocycles. The number of halogens is 1. The number of hydrogen-bond acceptors (Lipinski definition) is 6. The van der Waals surface area contributed by atoms with E-state index in [0.29, 0.717) is 10.7 Å². The van der Waals surface area contributed by atoms with Gasteiger partial charge in [-0.25, -0.2) is 0 Å². The van der Waals surface area contributed by atoms with E-state index >= 15 is 0 Å². The lowest BCUT2D eigenvalue weighted by molar-refractivity contribution is 0.102. The Labute approximate surface area is 148 Å². The molecule has 0 atom stereocenters. The van der Waals surface area contributed by atoms with Gasteiger partial charge >= 0.3 is 0 Å². The van der Waals surface area contributed by atoms with Gasteiger partial charge in [0.05, 0.1) is 5.56 Å². The highest BCUT2D eigenvalue weighted by Crippen LogP contribution is 2.30. The van der Waals surface area contributed by atoms with Gasteiger partial charge in [-0.05, 0) is 39.5 Å². The Bertz CT molecular complexity index is 773. The number of benzene rings is 1. The molecule has 2 aromatic heterocycles. The Morgan fingerprint density at radius 1 is 1.23 bits per heavy atom. The first kappa shape index (κ1) is 15.7. The number of hydrogen-bond donors (Lipinski definition) is 1. The van der Waals surface area contributed by atoms with Crippen LogP contribution in [0.15, 0.2) is 50.6 Å². The maximum atomic E-state index is 12.2. The Morgan fingerprint density at radius 2 is 2.09 bits per heavy atom. The number of thiophene rings is 1. The summed E-state index contributed by atoms with van der Waals surface area (Å²) >= 11 is 8.09. The van der Waals surface area contributed by atoms with Gasteiger partial charge in [0.15, 0.2) is 4.34 Å². The van der Waals surface area contributed by atoms with Gasteiger partial charge in [0.25, 0.3) is 5.91 Å². The maximum absolute atomic E-state index is 12.2. The molecule has 0 unspecified atom stereocenters. The molecule has 1 amide bonds. The third-order valence-corrected chi connectivity index (χ3v) is 6.43. The molecule has 1 N–H and O–H groups in total. The summed E-state index contributed by atoms with van der Waals surface area (Å²) in [5, 5.41) is 13.5. The van der Waals surface area contributed by atoms with E-state index in [0.717, 1.165) is 14.6 Å². The van der Waals surface area contributed by atoms with Gasteiger partial charge in [-0.3, -0.25) is 10.1 Å². The molecule has 8 heteroatoms. The van der Waals surface area contributed by atoms with Gasteiger partial charge in [-0.2, -0.15) is 0 Å². The highest BCUT2D eigenvalue weighted by Gasteiger charge is 2.12. The maximum Gasteiger partial charge on any atom is 0.258 e. The summed E-state index contributed by atoms with van der Waals surface area (Å²) in [5.41, 5.74) is 0.575. The summed E-state index contributed by atoms with van der Waals surface area (Å²) in [5.74, 6) is 0.670. The van der Waals surface area contributed by atoms with Crippen molar-refractivity contribution in [2.24, 2.45) is 0 Å². The molecule has 112 valence electrons. The molecular weight excluding hydrogens is 402 g/mol. The lowest BCUT2D eigenvalue weighted by Gasteiger charge is -2.02. The summed E-state index contributed by atoms with van der Waals surface area (Å²) in [6, 6.07) is 11.4. The van der Waals surface area contributed by atoms with Crippen molar-refractivity contribution in [1.82, 2.24) is 10.2 Å². The summed E-state index contributed by atoms with van der Waals surface area (Å²) in [6.45, 7) is 0. The van der Waals surface area contributed by atoms with E-state index in [9.17, 15) is 4.79 Å². The topological polar surface area (TPSA) is 54.9 Å². The molecule has 0 bridgehead atoms. The molecule has 1 aromatic carbocycles. The predicted octanol–water partition coefficient (Wildman–Crippen LogP) is 4.91. The van der Waals surface area contributed by atoms with Crippen LogP contribution in [0, 0.1) is 0 Å². The van der Waals surface area contributed by atoms with Crippen LogP contribution >= 0.6 is 50.4 Å². The Hall–Kier alpha value is -1.22. The minimum atomic E-state index is -0.196. The smallest absolute Gasteiger partial charge is 0.258 e. The SMILES string of the molecule is O=C(Nc1nnc(SCc2cccs2)s1)c1ccccc1Br. The fraction of sp³-hybridized carbons (Fsp3) is 0.0714. The molecular formula is C14H10BrN3OS3. The van der Waals surface area contributed by atoms with Crippen LogP contribution in [0.3, 0.4) is 0 Å². The molecule has 0 fully saturated rings. The predicted molar refractivity (Wildman–Crippen MR) is 95.9 cm³/mol. The summed E-state index contributed by atoms with van der Waals surface area (Å²) in [6.07, 6.45) is 0. The van der Waals surface area contributed by atoms with Crippen LogP contribution in [0.1, 0.15) is 15.2 Å². The zero-order valence-corrected chi connectivity index (χ0v) is 15.2. The number of thioether (sulfide) groups is 1. The first-order valence-corrected chi connectivity index (χ1v) is 9.74. The fourth-order valence-electron chi connectivity index (χ4n) is 1.66. The standard InChI is InChI=1S/C14H10BrN3OS3/c15-11-6-2-1-5-10(11)12(19)16-13-17-18-14(22-13)21-8-9-4-3-7-20-9/h1-7H,8H2,(H,16,17,19). The third kappa shape index (κ3) is 3.95. The van der Waals surface area contributed by atoms with Gasteiger partial charge in [-0.1, -0.05) is 41.3 Å². The summed E-state index contributed by atoms with van der Waals surface area (Å²) in [4.78, 5) is 13.5. The first-order chi connectivity index (χ1) is 10.7. The van der Waals surface area contributed by atoms with Gasteiger partial charge in [0.1, 0.15) is 0 Å². The van der Waals surface area contributed by atoms with Crippen molar-refractivity contribution in [2.75, 3.05) is 5.32 Å². The second-order valence-electron chi connectivity index (χ2n) is 4.18. The van der Waals surface area contributed by atoms with Crippen LogP contribution < -0.4 is 5.32 Å². The monoisotopic (exact) mass is 411 g/mol. The zero-order valence-electron chi connectivity index (χ0n) is 11.2. The van der Waals surface area contributed by atoms with Crippen LogP contribution in [-0.4, -0.2) is 16.1 Å². The molecule has 22 heavy (non-hydrogen) atoms. The van der Waals surface area contributed by atoms with E-state index in [2.05, 4.69) is 42.9 Å². The van der Waals surface area contributed by atoms with Crippen molar-refractivity contribution in [1.29, 1.82) is 0 Å². The van der Waals surface area contributed by atoms with Crippen molar-refractivity contribution in [3.05, 3.63) is 56.7 Å². The number of rotatable bonds is 5. The molecule has 3 aromatic rings. The van der Waals surface area contributed by atoms with E-state index in [-0.39, 0.29) is 5.91 Å². The Kier molecular flexibility index (Phi) is 5.24. The average molecular weight is 412 g/mol. The highest BCUT2D eigenvalue weighted by atomic mass is 79.9. The average Bonchev–Trinajstić information content (AvgIpc) is 3.17. The fourth-order valence-corrected chi connectivity index (χ4v) is 4.64. The summed E-state index contributed by atoms with van der Waals surface area (Å²) < 4.78 is 1.60. The largest absolute Gasteiger partial charge is 0.296 e. The van der Waals surface area contributed by atoms with Crippen LogP contribution in [0.5, 0.6) is 0 Å². The van der Waals surface area contributed by atoms with Crippen molar-refractivity contribution in [3.63, 3.8) is 0 Å². The number of anilines is 1. The Morgan fingerprint density at radius 3 is 2.86 bits per heavy atom. The van der Waals surface area contributed by atoms with Crippen LogP contribution in [0.4, 0.5) is 5.13 Å². The second kappa shape index (κ2) is 7.36. The third-order valence-electron chi connectivity index (χ3n) is 2.66. The molecule has 2 heterocycles.